The Morgan fingerprint density at radius 3 is 2.50 bits per heavy atom. The minimum absolute atomic E-state index is 0.145. The lowest BCUT2D eigenvalue weighted by molar-refractivity contribution is -0.141. The normalized spacial score (nSPS) is 14.4. The summed E-state index contributed by atoms with van der Waals surface area (Å²) < 4.78 is 5.60. The van der Waals surface area contributed by atoms with Gasteiger partial charge in [0.1, 0.15) is 6.04 Å². The smallest absolute Gasteiger partial charge is 0.323 e. The van der Waals surface area contributed by atoms with Crippen molar-refractivity contribution in [3.05, 3.63) is 0 Å². The Hall–Kier alpha value is -0.610. The van der Waals surface area contributed by atoms with Crippen LogP contribution in [0.4, 0.5) is 0 Å². The van der Waals surface area contributed by atoms with Gasteiger partial charge in [0.15, 0.2) is 0 Å². The number of hydrogen-bond acceptors (Lipinski definition) is 3. The van der Waals surface area contributed by atoms with E-state index in [0.717, 1.165) is 19.3 Å². The average Bonchev–Trinajstić information content (AvgIpc) is 2.34. The number of carbonyl (C=O) groups is 1. The molecule has 0 heterocycles. The van der Waals surface area contributed by atoms with E-state index in [4.69, 9.17) is 9.84 Å². The van der Waals surface area contributed by atoms with Crippen molar-refractivity contribution in [1.29, 1.82) is 0 Å². The molecular formula is C14H29NO3. The van der Waals surface area contributed by atoms with E-state index in [1.165, 1.54) is 19.3 Å². The molecule has 2 atom stereocenters. The van der Waals surface area contributed by atoms with Crippen molar-refractivity contribution in [3.8, 4) is 0 Å². The van der Waals surface area contributed by atoms with Crippen molar-refractivity contribution < 1.29 is 14.6 Å². The summed E-state index contributed by atoms with van der Waals surface area (Å²) in [7, 11) is 0. The Morgan fingerprint density at radius 1 is 1.22 bits per heavy atom. The van der Waals surface area contributed by atoms with E-state index >= 15 is 0 Å². The Labute approximate surface area is 111 Å². The first-order chi connectivity index (χ1) is 8.61. The molecule has 0 saturated carbocycles. The molecule has 0 aromatic heterocycles. The van der Waals surface area contributed by atoms with Crippen LogP contribution in [0.25, 0.3) is 0 Å². The Kier molecular flexibility index (Phi) is 11.1. The molecule has 18 heavy (non-hydrogen) atoms. The second-order valence-electron chi connectivity index (χ2n) is 4.84. The Morgan fingerprint density at radius 2 is 1.94 bits per heavy atom. The van der Waals surface area contributed by atoms with E-state index in [1.54, 1.807) is 0 Å². The summed E-state index contributed by atoms with van der Waals surface area (Å²) in [6.45, 7) is 7.19. The van der Waals surface area contributed by atoms with Crippen molar-refractivity contribution in [2.45, 2.75) is 71.4 Å². The minimum atomic E-state index is -0.832. The molecule has 4 heteroatoms. The topological polar surface area (TPSA) is 58.6 Å². The van der Waals surface area contributed by atoms with Crippen LogP contribution in [0.15, 0.2) is 0 Å². The van der Waals surface area contributed by atoms with Crippen LogP contribution in [-0.4, -0.2) is 36.4 Å². The fourth-order valence-electron chi connectivity index (χ4n) is 1.74. The van der Waals surface area contributed by atoms with Crippen molar-refractivity contribution in [3.63, 3.8) is 0 Å². The first-order valence-corrected chi connectivity index (χ1v) is 7.19. The third kappa shape index (κ3) is 9.42. The average molecular weight is 259 g/mol. The van der Waals surface area contributed by atoms with E-state index in [9.17, 15) is 4.79 Å². The lowest BCUT2D eigenvalue weighted by atomic mass is 10.1. The highest BCUT2D eigenvalue weighted by Crippen LogP contribution is 2.08. The summed E-state index contributed by atoms with van der Waals surface area (Å²) in [5.74, 6) is -0.832. The van der Waals surface area contributed by atoms with E-state index in [1.807, 2.05) is 13.8 Å². The molecule has 0 aliphatic carbocycles. The number of aliphatic carboxylic acids is 1. The van der Waals surface area contributed by atoms with Crippen LogP contribution in [0.3, 0.4) is 0 Å². The van der Waals surface area contributed by atoms with Gasteiger partial charge in [-0.3, -0.25) is 4.79 Å². The van der Waals surface area contributed by atoms with Crippen molar-refractivity contribution in [2.75, 3.05) is 13.2 Å². The molecule has 0 radical (unpaired) electrons. The van der Waals surface area contributed by atoms with Gasteiger partial charge < -0.3 is 15.2 Å². The minimum Gasteiger partial charge on any atom is -0.480 e. The monoisotopic (exact) mass is 259 g/mol. The number of nitrogens with one attached hydrogen (secondary N) is 1. The molecule has 4 nitrogen and oxygen atoms in total. The van der Waals surface area contributed by atoms with Gasteiger partial charge in [0.25, 0.3) is 0 Å². The highest BCUT2D eigenvalue weighted by molar-refractivity contribution is 5.73. The number of ether oxygens (including phenoxy) is 1. The van der Waals surface area contributed by atoms with Crippen molar-refractivity contribution >= 4 is 5.97 Å². The van der Waals surface area contributed by atoms with E-state index in [0.29, 0.717) is 6.54 Å². The summed E-state index contributed by atoms with van der Waals surface area (Å²) in [4.78, 5) is 11.0. The van der Waals surface area contributed by atoms with Crippen LogP contribution >= 0.6 is 0 Å². The molecule has 0 aromatic rings. The summed E-state index contributed by atoms with van der Waals surface area (Å²) in [5, 5.41) is 12.0. The number of unbranched alkanes of at least 4 members (excludes halogenated alkanes) is 3. The highest BCUT2D eigenvalue weighted by atomic mass is 16.5. The zero-order valence-corrected chi connectivity index (χ0v) is 12.1. The number of carboxylic acid groups (broad SMARTS) is 1. The van der Waals surface area contributed by atoms with E-state index < -0.39 is 12.0 Å². The molecule has 0 aromatic carbocycles. The van der Waals surface area contributed by atoms with Gasteiger partial charge >= 0.3 is 5.97 Å². The van der Waals surface area contributed by atoms with E-state index in [-0.39, 0.29) is 12.7 Å². The summed E-state index contributed by atoms with van der Waals surface area (Å²) in [6, 6.07) is -0.581. The predicted molar refractivity (Wildman–Crippen MR) is 73.9 cm³/mol. The molecule has 2 unspecified atom stereocenters. The molecule has 0 rings (SSSR count). The fourth-order valence-corrected chi connectivity index (χ4v) is 1.74. The second-order valence-corrected chi connectivity index (χ2v) is 4.84. The standard InChI is InChI=1S/C14H29NO3/c1-4-6-7-8-9-12(3)18-11-13(14(16)17)15-10-5-2/h12-13,15H,4-11H2,1-3H3,(H,16,17). The third-order valence-electron chi connectivity index (χ3n) is 2.95. The second kappa shape index (κ2) is 11.5. The van der Waals surface area contributed by atoms with Crippen molar-refractivity contribution in [2.24, 2.45) is 0 Å². The highest BCUT2D eigenvalue weighted by Gasteiger charge is 2.17. The zero-order chi connectivity index (χ0) is 13.8. The number of carboxylic acids is 1. The molecule has 0 aliphatic heterocycles. The molecule has 0 saturated heterocycles. The van der Waals surface area contributed by atoms with E-state index in [2.05, 4.69) is 12.2 Å². The molecule has 0 spiro atoms. The third-order valence-corrected chi connectivity index (χ3v) is 2.95. The SMILES string of the molecule is CCCCCCC(C)OCC(NCCC)C(=O)O. The molecule has 0 fully saturated rings. The summed E-state index contributed by atoms with van der Waals surface area (Å²) in [5.41, 5.74) is 0. The Bertz CT molecular complexity index is 209. The lowest BCUT2D eigenvalue weighted by Gasteiger charge is -2.18. The molecule has 0 bridgehead atoms. The summed E-state index contributed by atoms with van der Waals surface area (Å²) in [6.07, 6.45) is 6.98. The van der Waals surface area contributed by atoms with Gasteiger partial charge in [0.05, 0.1) is 12.7 Å². The van der Waals surface area contributed by atoms with Crippen molar-refractivity contribution in [1.82, 2.24) is 5.32 Å². The van der Waals surface area contributed by atoms with Gasteiger partial charge in [0.2, 0.25) is 0 Å². The molecule has 108 valence electrons. The summed E-state index contributed by atoms with van der Waals surface area (Å²) >= 11 is 0. The molecule has 0 aliphatic rings. The van der Waals surface area contributed by atoms with Gasteiger partial charge in [-0.15, -0.1) is 0 Å². The van der Waals surface area contributed by atoms with Crippen LogP contribution in [0.5, 0.6) is 0 Å². The maximum Gasteiger partial charge on any atom is 0.323 e. The first kappa shape index (κ1) is 17.4. The van der Waals surface area contributed by atoms with Gasteiger partial charge in [-0.2, -0.15) is 0 Å². The fraction of sp³-hybridized carbons (Fsp3) is 0.929. The van der Waals surface area contributed by atoms with Crippen LogP contribution < -0.4 is 5.32 Å². The zero-order valence-electron chi connectivity index (χ0n) is 12.1. The predicted octanol–water partition coefficient (Wildman–Crippen LogP) is 2.81. The van der Waals surface area contributed by atoms with Gasteiger partial charge in [-0.1, -0.05) is 39.5 Å². The van der Waals surface area contributed by atoms with Gasteiger partial charge in [0, 0.05) is 0 Å². The van der Waals surface area contributed by atoms with Gasteiger partial charge in [-0.05, 0) is 26.3 Å². The first-order valence-electron chi connectivity index (χ1n) is 7.19. The maximum absolute atomic E-state index is 11.0. The number of hydrogen-bond donors (Lipinski definition) is 2. The molecular weight excluding hydrogens is 230 g/mol. The maximum atomic E-state index is 11.0. The van der Waals surface area contributed by atoms with Crippen LogP contribution in [0.1, 0.15) is 59.3 Å². The largest absolute Gasteiger partial charge is 0.480 e. The molecule has 2 N–H and O–H groups in total. The lowest BCUT2D eigenvalue weighted by Crippen LogP contribution is -2.41. The van der Waals surface area contributed by atoms with Crippen LogP contribution in [-0.2, 0) is 9.53 Å². The quantitative estimate of drug-likeness (QED) is 0.529. The van der Waals surface area contributed by atoms with Crippen LogP contribution in [0, 0.1) is 0 Å². The van der Waals surface area contributed by atoms with Gasteiger partial charge in [-0.25, -0.2) is 0 Å². The van der Waals surface area contributed by atoms with Crippen LogP contribution in [0.2, 0.25) is 0 Å². The molecule has 0 amide bonds. The number of rotatable bonds is 12. The Balaban J connectivity index is 3.71.